The van der Waals surface area contributed by atoms with E-state index in [0.29, 0.717) is 13.1 Å². The van der Waals surface area contributed by atoms with Crippen LogP contribution in [-0.4, -0.2) is 39.2 Å². The van der Waals surface area contributed by atoms with Crippen LogP contribution in [0.25, 0.3) is 11.3 Å². The summed E-state index contributed by atoms with van der Waals surface area (Å²) in [5.41, 5.74) is 8.35. The Morgan fingerprint density at radius 3 is 2.77 bits per heavy atom. The molecule has 7 nitrogen and oxygen atoms in total. The van der Waals surface area contributed by atoms with Crippen LogP contribution in [0.4, 0.5) is 25.1 Å². The van der Waals surface area contributed by atoms with Gasteiger partial charge in [0, 0.05) is 24.7 Å². The van der Waals surface area contributed by atoms with Crippen molar-refractivity contribution in [3.63, 3.8) is 0 Å². The molecule has 0 saturated carbocycles. The molecule has 2 amide bonds. The number of pyridine rings is 1. The van der Waals surface area contributed by atoms with Crippen molar-refractivity contribution in [1.82, 2.24) is 20.1 Å². The maximum absolute atomic E-state index is 14.1. The quantitative estimate of drug-likeness (QED) is 0.664. The molecule has 3 N–H and O–H groups in total. The van der Waals surface area contributed by atoms with E-state index < -0.39 is 11.6 Å². The number of likely N-dealkylation sites (tertiary alicyclic amines) is 1. The molecule has 1 atom stereocenters. The average molecular weight is 424 g/mol. The van der Waals surface area contributed by atoms with Gasteiger partial charge in [-0.15, -0.1) is 0 Å². The number of nitrogen functional groups attached to an aromatic ring is 1. The third-order valence-electron chi connectivity index (χ3n) is 5.28. The van der Waals surface area contributed by atoms with Crippen molar-refractivity contribution >= 4 is 17.5 Å². The van der Waals surface area contributed by atoms with E-state index in [2.05, 4.69) is 20.5 Å². The van der Waals surface area contributed by atoms with Crippen LogP contribution in [0.1, 0.15) is 17.8 Å². The number of urea groups is 1. The minimum Gasteiger partial charge on any atom is -0.396 e. The number of anilines is 2. The fourth-order valence-electron chi connectivity index (χ4n) is 3.61. The zero-order valence-corrected chi connectivity index (χ0v) is 17.0. The molecular formula is C22H22F2N6O. The van der Waals surface area contributed by atoms with E-state index >= 15 is 0 Å². The van der Waals surface area contributed by atoms with Crippen LogP contribution in [0.5, 0.6) is 0 Å². The smallest absolute Gasteiger partial charge is 0.323 e. The lowest BCUT2D eigenvalue weighted by molar-refractivity contribution is 0.220. The number of rotatable bonds is 4. The largest absolute Gasteiger partial charge is 0.396 e. The van der Waals surface area contributed by atoms with Crippen LogP contribution < -0.4 is 11.1 Å². The Bertz CT molecular complexity index is 1110. The molecule has 0 spiro atoms. The number of hydrogen-bond donors (Lipinski definition) is 2. The Labute approximate surface area is 178 Å². The normalized spacial score (nSPS) is 15.8. The third-order valence-corrected chi connectivity index (χ3v) is 5.28. The minimum absolute atomic E-state index is 0.123. The molecule has 160 valence electrons. The van der Waals surface area contributed by atoms with E-state index in [4.69, 9.17) is 5.73 Å². The molecular weight excluding hydrogens is 402 g/mol. The standard InChI is InChI=1S/C22H22F2N6O/c1-13-2-4-16(29-28-13)10-14-8-9-30(12-14)22(31)27-21-19(25)6-7-20(26-21)17-5-3-15(23)11-18(17)24/h2-7,11,14H,8-10,12,25H2,1H3,(H,26,27,31). The summed E-state index contributed by atoms with van der Waals surface area (Å²) in [6, 6.07) is 9.84. The molecule has 1 fully saturated rings. The highest BCUT2D eigenvalue weighted by atomic mass is 19.1. The maximum atomic E-state index is 14.1. The van der Waals surface area contributed by atoms with Crippen molar-refractivity contribution in [1.29, 1.82) is 0 Å². The van der Waals surface area contributed by atoms with E-state index in [-0.39, 0.29) is 34.7 Å². The van der Waals surface area contributed by atoms with Crippen LogP contribution in [-0.2, 0) is 6.42 Å². The number of carbonyl (C=O) groups excluding carboxylic acids is 1. The summed E-state index contributed by atoms with van der Waals surface area (Å²) in [5.74, 6) is -0.992. The minimum atomic E-state index is -0.740. The second kappa shape index (κ2) is 8.63. The van der Waals surface area contributed by atoms with Crippen molar-refractivity contribution in [3.8, 4) is 11.3 Å². The molecule has 3 heterocycles. The lowest BCUT2D eigenvalue weighted by Gasteiger charge is -2.18. The zero-order chi connectivity index (χ0) is 22.0. The summed E-state index contributed by atoms with van der Waals surface area (Å²) in [6.07, 6.45) is 1.60. The Kier molecular flexibility index (Phi) is 5.75. The molecule has 31 heavy (non-hydrogen) atoms. The summed E-state index contributed by atoms with van der Waals surface area (Å²) in [5, 5.41) is 11.0. The Balaban J connectivity index is 1.43. The van der Waals surface area contributed by atoms with Gasteiger partial charge in [-0.2, -0.15) is 10.2 Å². The SMILES string of the molecule is Cc1ccc(CC2CCN(C(=O)Nc3nc(-c4ccc(F)cc4F)ccc3N)C2)nn1. The van der Waals surface area contributed by atoms with Gasteiger partial charge in [-0.3, -0.25) is 5.32 Å². The van der Waals surface area contributed by atoms with Gasteiger partial charge in [-0.1, -0.05) is 0 Å². The fourth-order valence-corrected chi connectivity index (χ4v) is 3.61. The van der Waals surface area contributed by atoms with E-state index in [9.17, 15) is 13.6 Å². The lowest BCUT2D eigenvalue weighted by atomic mass is 10.0. The highest BCUT2D eigenvalue weighted by molar-refractivity contribution is 5.92. The number of carbonyl (C=O) groups is 1. The third kappa shape index (κ3) is 4.76. The number of aryl methyl sites for hydroxylation is 1. The molecule has 0 bridgehead atoms. The topological polar surface area (TPSA) is 97.0 Å². The van der Waals surface area contributed by atoms with Gasteiger partial charge in [0.2, 0.25) is 0 Å². The highest BCUT2D eigenvalue weighted by Crippen LogP contribution is 2.27. The number of aromatic nitrogens is 3. The van der Waals surface area contributed by atoms with Crippen LogP contribution in [0.3, 0.4) is 0 Å². The van der Waals surface area contributed by atoms with Crippen LogP contribution in [0, 0.1) is 24.5 Å². The summed E-state index contributed by atoms with van der Waals surface area (Å²) >= 11 is 0. The summed E-state index contributed by atoms with van der Waals surface area (Å²) in [6.45, 7) is 3.06. The Hall–Kier alpha value is -3.62. The number of nitrogens with two attached hydrogens (primary N) is 1. The van der Waals surface area contributed by atoms with Crippen LogP contribution >= 0.6 is 0 Å². The van der Waals surface area contributed by atoms with Gasteiger partial charge in [-0.05, 0) is 62.1 Å². The van der Waals surface area contributed by atoms with Gasteiger partial charge < -0.3 is 10.6 Å². The molecule has 0 aliphatic carbocycles. The number of nitrogens with zero attached hydrogens (tertiary/aromatic N) is 4. The van der Waals surface area contributed by atoms with E-state index in [1.165, 1.54) is 18.2 Å². The fraction of sp³-hybridized carbons (Fsp3) is 0.273. The van der Waals surface area contributed by atoms with Gasteiger partial charge in [-0.25, -0.2) is 18.6 Å². The molecule has 1 unspecified atom stereocenters. The highest BCUT2D eigenvalue weighted by Gasteiger charge is 2.27. The van der Waals surface area contributed by atoms with E-state index in [1.807, 2.05) is 19.1 Å². The number of amides is 2. The molecule has 1 aliphatic heterocycles. The molecule has 4 rings (SSSR count). The predicted molar refractivity (Wildman–Crippen MR) is 113 cm³/mol. The first-order valence-corrected chi connectivity index (χ1v) is 9.96. The van der Waals surface area contributed by atoms with Crippen molar-refractivity contribution in [2.45, 2.75) is 19.8 Å². The maximum Gasteiger partial charge on any atom is 0.323 e. The summed E-state index contributed by atoms with van der Waals surface area (Å²) in [4.78, 5) is 18.7. The molecule has 9 heteroatoms. The lowest BCUT2D eigenvalue weighted by Crippen LogP contribution is -2.33. The predicted octanol–water partition coefficient (Wildman–Crippen LogP) is 3.80. The molecule has 3 aromatic rings. The van der Waals surface area contributed by atoms with Crippen molar-refractivity contribution in [3.05, 3.63) is 65.5 Å². The Morgan fingerprint density at radius 1 is 1.19 bits per heavy atom. The van der Waals surface area contributed by atoms with Crippen molar-refractivity contribution in [2.75, 3.05) is 24.1 Å². The molecule has 1 aromatic carbocycles. The average Bonchev–Trinajstić information content (AvgIpc) is 3.20. The molecule has 1 aliphatic rings. The number of benzene rings is 1. The number of nitrogens with one attached hydrogen (secondary N) is 1. The first kappa shape index (κ1) is 20.6. The molecule has 2 aromatic heterocycles. The van der Waals surface area contributed by atoms with Crippen molar-refractivity contribution < 1.29 is 13.6 Å². The van der Waals surface area contributed by atoms with Crippen LogP contribution in [0.2, 0.25) is 0 Å². The first-order valence-electron chi connectivity index (χ1n) is 9.96. The van der Waals surface area contributed by atoms with Crippen LogP contribution in [0.15, 0.2) is 42.5 Å². The molecule has 0 radical (unpaired) electrons. The monoisotopic (exact) mass is 424 g/mol. The van der Waals surface area contributed by atoms with Gasteiger partial charge in [0.25, 0.3) is 0 Å². The summed E-state index contributed by atoms with van der Waals surface area (Å²) in [7, 11) is 0. The second-order valence-corrected chi connectivity index (χ2v) is 7.66. The van der Waals surface area contributed by atoms with Gasteiger partial charge in [0.05, 0.1) is 22.8 Å². The summed E-state index contributed by atoms with van der Waals surface area (Å²) < 4.78 is 27.3. The Morgan fingerprint density at radius 2 is 2.03 bits per heavy atom. The second-order valence-electron chi connectivity index (χ2n) is 7.66. The van der Waals surface area contributed by atoms with E-state index in [1.54, 1.807) is 4.90 Å². The van der Waals surface area contributed by atoms with Gasteiger partial charge >= 0.3 is 6.03 Å². The van der Waals surface area contributed by atoms with Gasteiger partial charge in [0.1, 0.15) is 11.6 Å². The van der Waals surface area contributed by atoms with E-state index in [0.717, 1.165) is 36.4 Å². The number of hydrogen-bond acceptors (Lipinski definition) is 5. The number of halogens is 2. The zero-order valence-electron chi connectivity index (χ0n) is 17.0. The van der Waals surface area contributed by atoms with Crippen molar-refractivity contribution in [2.24, 2.45) is 5.92 Å². The van der Waals surface area contributed by atoms with Gasteiger partial charge in [0.15, 0.2) is 5.82 Å². The molecule has 1 saturated heterocycles. The first-order chi connectivity index (χ1) is 14.9.